The summed E-state index contributed by atoms with van der Waals surface area (Å²) < 4.78 is 37.2. The lowest BCUT2D eigenvalue weighted by Gasteiger charge is -2.28. The van der Waals surface area contributed by atoms with Crippen molar-refractivity contribution in [1.82, 2.24) is 73.7 Å². The molecular weight excluding hydrogens is 1160 g/mol. The molecule has 33 nitrogen and oxygen atoms in total. The third-order valence-corrected chi connectivity index (χ3v) is 14.4. The van der Waals surface area contributed by atoms with E-state index in [9.17, 15) is 14.4 Å². The summed E-state index contributed by atoms with van der Waals surface area (Å²) in [6.45, 7) is 9.21. The molecule has 12 aromatic rings. The van der Waals surface area contributed by atoms with Gasteiger partial charge in [-0.2, -0.15) is 15.3 Å². The summed E-state index contributed by atoms with van der Waals surface area (Å²) in [5.74, 6) is 2.62. The zero-order valence-electron chi connectivity index (χ0n) is 47.6. The van der Waals surface area contributed by atoms with Gasteiger partial charge in [0.05, 0.1) is 105 Å². The number of primary amides is 3. The summed E-state index contributed by atoms with van der Waals surface area (Å²) in [5.41, 5.74) is 23.3. The fourth-order valence-corrected chi connectivity index (χ4v) is 9.76. The van der Waals surface area contributed by atoms with Gasteiger partial charge in [-0.05, 0) is 54.6 Å². The Balaban J connectivity index is 0.000000124. The van der Waals surface area contributed by atoms with Crippen LogP contribution in [0.2, 0.25) is 0 Å². The molecule has 0 saturated carbocycles. The topological polar surface area (TPSA) is 410 Å². The number of morpholine rings is 3. The molecule has 1 aromatic carbocycles. The monoisotopic (exact) mass is 1220 g/mol. The number of pyridine rings is 1. The molecule has 3 aliphatic heterocycles. The van der Waals surface area contributed by atoms with Crippen molar-refractivity contribution in [3.05, 3.63) is 146 Å². The maximum atomic E-state index is 11.3. The third kappa shape index (κ3) is 12.4. The fraction of sp³-hybridized carbons (Fsp3) is 0.211. The number of nitrogens with one attached hydrogen (secondary N) is 3. The minimum Gasteiger partial charge on any atom is -0.462 e. The molecule has 0 bridgehead atoms. The van der Waals surface area contributed by atoms with Crippen molar-refractivity contribution in [1.29, 1.82) is 0 Å². The van der Waals surface area contributed by atoms with E-state index in [1.807, 2.05) is 24.3 Å². The van der Waals surface area contributed by atoms with E-state index in [-0.39, 0.29) is 16.7 Å². The summed E-state index contributed by atoms with van der Waals surface area (Å²) in [6, 6.07) is 16.7. The van der Waals surface area contributed by atoms with E-state index in [1.165, 1.54) is 43.8 Å². The normalized spacial score (nSPS) is 14.2. The van der Waals surface area contributed by atoms with Crippen LogP contribution in [-0.2, 0) is 14.2 Å². The quantitative estimate of drug-likeness (QED) is 0.0829. The molecule has 90 heavy (non-hydrogen) atoms. The van der Waals surface area contributed by atoms with Gasteiger partial charge in [-0.1, -0.05) is 0 Å². The van der Waals surface area contributed by atoms with Gasteiger partial charge < -0.3 is 75.3 Å². The third-order valence-electron chi connectivity index (χ3n) is 14.4. The van der Waals surface area contributed by atoms with Crippen molar-refractivity contribution in [2.24, 2.45) is 17.2 Å². The molecule has 456 valence electrons. The molecule has 11 aromatic heterocycles. The molecule has 0 aliphatic carbocycles. The van der Waals surface area contributed by atoms with Crippen molar-refractivity contribution in [2.75, 3.05) is 110 Å². The Kier molecular flexibility index (Phi) is 16.2. The predicted molar refractivity (Wildman–Crippen MR) is 323 cm³/mol. The number of furan rings is 3. The number of carbonyl (C=O) groups excluding carboxylic acids is 3. The number of rotatable bonds is 15. The fourth-order valence-electron chi connectivity index (χ4n) is 9.76. The van der Waals surface area contributed by atoms with E-state index in [2.05, 4.69) is 103 Å². The highest BCUT2D eigenvalue weighted by molar-refractivity contribution is 5.95. The van der Waals surface area contributed by atoms with Crippen molar-refractivity contribution in [3.63, 3.8) is 0 Å². The predicted octanol–water partition coefficient (Wildman–Crippen LogP) is 4.38. The Morgan fingerprint density at radius 3 is 1.18 bits per heavy atom. The second-order valence-corrected chi connectivity index (χ2v) is 20.1. The first-order valence-electron chi connectivity index (χ1n) is 28.0. The first-order valence-corrected chi connectivity index (χ1v) is 28.0. The van der Waals surface area contributed by atoms with Crippen molar-refractivity contribution >= 4 is 86.6 Å². The first kappa shape index (κ1) is 57.1. The molecule has 0 spiro atoms. The average molecular weight is 1220 g/mol. The average Bonchev–Trinajstić information content (AvgIpc) is 1.78. The molecule has 3 fully saturated rings. The van der Waals surface area contributed by atoms with Crippen LogP contribution in [0.4, 0.5) is 52.0 Å². The van der Waals surface area contributed by atoms with Crippen LogP contribution in [0.3, 0.4) is 0 Å². The standard InChI is InChI=1S/C20H19N7O3.C19H18N8O3.C18H17N9O3/c21-18(28)13-9-17(30-11-13)16-10-22-19(20-23-12-24-27(16)20)25-14-1-3-15(4-2-14)26-5-7-29-8-6-26;20-17(28)12-7-15(30-10-12)14-9-22-18(19-23-11-24-27(14)19)25-13-1-2-16(21-8-13)26-3-5-29-6-4-26;19-15(28)11-5-14(30-9-11)13-8-20-16(17-23-10-24-27(13)17)25-12-6-21-18(22-7-12)26-1-3-29-4-2-26/h1-4,9-12H,5-8H2,(H2,21,28)(H,22,25);1-2,7-11H,3-6H2,(H2,20,28)(H,22,25);5-10H,1-4H2,(H2,19,28)(H,20,25). The zero-order valence-corrected chi connectivity index (χ0v) is 47.6. The molecule has 3 saturated heterocycles. The van der Waals surface area contributed by atoms with Gasteiger partial charge in [0, 0.05) is 50.6 Å². The lowest BCUT2D eigenvalue weighted by Crippen LogP contribution is -2.37. The summed E-state index contributed by atoms with van der Waals surface area (Å²) in [4.78, 5) is 80.1. The number of anilines is 9. The van der Waals surface area contributed by atoms with Gasteiger partial charge in [0.1, 0.15) is 60.7 Å². The van der Waals surface area contributed by atoms with Gasteiger partial charge in [0.15, 0.2) is 51.7 Å². The van der Waals surface area contributed by atoms with E-state index >= 15 is 0 Å². The second kappa shape index (κ2) is 25.5. The van der Waals surface area contributed by atoms with Crippen LogP contribution in [0.5, 0.6) is 0 Å². The Morgan fingerprint density at radius 2 is 0.778 bits per heavy atom. The minimum absolute atomic E-state index is 0.262. The minimum atomic E-state index is -0.577. The summed E-state index contributed by atoms with van der Waals surface area (Å²) >= 11 is 0. The number of amides is 3. The number of nitrogens with zero attached hydrogens (tertiary/aromatic N) is 18. The maximum Gasteiger partial charge on any atom is 0.251 e. The number of ether oxygens (including phenoxy) is 3. The Labute approximate surface area is 507 Å². The molecular formula is C57H54N24O9. The maximum absolute atomic E-state index is 11.3. The van der Waals surface area contributed by atoms with Gasteiger partial charge in [-0.25, -0.2) is 58.4 Å². The van der Waals surface area contributed by atoms with E-state index < -0.39 is 17.7 Å². The van der Waals surface area contributed by atoms with Crippen molar-refractivity contribution in [3.8, 4) is 34.4 Å². The molecule has 0 unspecified atom stereocenters. The van der Waals surface area contributed by atoms with E-state index in [0.29, 0.717) is 107 Å². The lowest BCUT2D eigenvalue weighted by molar-refractivity contribution is 0.0991. The number of hydrogen-bond acceptors (Lipinski definition) is 27. The number of nitrogens with two attached hydrogens (primary N) is 3. The smallest absolute Gasteiger partial charge is 0.251 e. The molecule has 0 radical (unpaired) electrons. The van der Waals surface area contributed by atoms with Gasteiger partial charge in [-0.15, -0.1) is 0 Å². The Morgan fingerprint density at radius 1 is 0.400 bits per heavy atom. The van der Waals surface area contributed by atoms with E-state index in [4.69, 9.17) is 44.7 Å². The number of benzene rings is 1. The number of hydrogen-bond donors (Lipinski definition) is 6. The second-order valence-electron chi connectivity index (χ2n) is 20.1. The largest absolute Gasteiger partial charge is 0.462 e. The zero-order chi connectivity index (χ0) is 61.5. The van der Waals surface area contributed by atoms with Gasteiger partial charge in [0.25, 0.3) is 17.7 Å². The summed E-state index contributed by atoms with van der Waals surface area (Å²) in [6.07, 6.45) is 18.0. The lowest BCUT2D eigenvalue weighted by atomic mass is 10.2. The van der Waals surface area contributed by atoms with Crippen LogP contribution in [0.25, 0.3) is 51.3 Å². The van der Waals surface area contributed by atoms with Crippen LogP contribution >= 0.6 is 0 Å². The van der Waals surface area contributed by atoms with Crippen LogP contribution in [-0.4, -0.2) is 170 Å². The van der Waals surface area contributed by atoms with Crippen LogP contribution in [0.15, 0.2) is 143 Å². The van der Waals surface area contributed by atoms with E-state index in [1.54, 1.807) is 62.9 Å². The van der Waals surface area contributed by atoms with Crippen molar-refractivity contribution < 1.29 is 41.8 Å². The van der Waals surface area contributed by atoms with Crippen LogP contribution in [0.1, 0.15) is 31.1 Å². The van der Waals surface area contributed by atoms with Crippen LogP contribution < -0.4 is 47.9 Å². The number of carbonyl (C=O) groups is 3. The molecule has 15 rings (SSSR count). The van der Waals surface area contributed by atoms with E-state index in [0.717, 1.165) is 75.4 Å². The molecule has 3 aliphatic rings. The highest BCUT2D eigenvalue weighted by atomic mass is 16.5. The van der Waals surface area contributed by atoms with Crippen LogP contribution in [0, 0.1) is 0 Å². The molecule has 3 amide bonds. The highest BCUT2D eigenvalue weighted by Crippen LogP contribution is 2.31. The van der Waals surface area contributed by atoms with Crippen molar-refractivity contribution in [2.45, 2.75) is 0 Å². The first-order chi connectivity index (χ1) is 44.1. The highest BCUT2D eigenvalue weighted by Gasteiger charge is 2.22. The number of fused-ring (bicyclic) bond motifs is 3. The molecule has 14 heterocycles. The summed E-state index contributed by atoms with van der Waals surface area (Å²) in [5, 5.41) is 22.4. The molecule has 0 atom stereocenters. The van der Waals surface area contributed by atoms with Gasteiger partial charge in [0.2, 0.25) is 5.95 Å². The van der Waals surface area contributed by atoms with Gasteiger partial charge >= 0.3 is 0 Å². The van der Waals surface area contributed by atoms with Gasteiger partial charge in [-0.3, -0.25) is 14.4 Å². The molecule has 33 heteroatoms. The summed E-state index contributed by atoms with van der Waals surface area (Å²) in [7, 11) is 0. The number of aromatic nitrogens is 15. The Hall–Kier alpha value is -12.0. The Bertz CT molecular complexity index is 4030. The molecule has 9 N–H and O–H groups in total. The SMILES string of the molecule is NC(=O)c1coc(-c2cnc(Nc3ccc(N4CCOCC4)cc3)c3ncnn23)c1.NC(=O)c1coc(-c2cnc(Nc3ccc(N4CCOCC4)nc3)c3ncnn23)c1.NC(=O)c1coc(-c2cnc(Nc3cnc(N4CCOCC4)nc3)c3ncnn23)c1.